The van der Waals surface area contributed by atoms with Gasteiger partial charge in [-0.15, -0.1) is 0 Å². The van der Waals surface area contributed by atoms with Gasteiger partial charge in [-0.05, 0) is 48.6 Å². The van der Waals surface area contributed by atoms with Gasteiger partial charge in [0.15, 0.2) is 0 Å². The van der Waals surface area contributed by atoms with Crippen molar-refractivity contribution in [3.63, 3.8) is 0 Å². The fourth-order valence-corrected chi connectivity index (χ4v) is 3.69. The summed E-state index contributed by atoms with van der Waals surface area (Å²) in [5, 5.41) is 7.38. The molecule has 1 N–H and O–H groups in total. The van der Waals surface area contributed by atoms with Crippen LogP contribution in [0.2, 0.25) is 0 Å². The summed E-state index contributed by atoms with van der Waals surface area (Å²) >= 11 is 0. The third kappa shape index (κ3) is 3.65. The topological polar surface area (TPSA) is 69.0 Å². The molecule has 8 heteroatoms. The molecule has 30 heavy (non-hydrogen) atoms. The van der Waals surface area contributed by atoms with Gasteiger partial charge in [-0.2, -0.15) is 5.10 Å². The van der Waals surface area contributed by atoms with Gasteiger partial charge in [-0.1, -0.05) is 0 Å². The second kappa shape index (κ2) is 7.51. The molecule has 0 atom stereocenters. The number of fused-ring (bicyclic) bond motifs is 1. The van der Waals surface area contributed by atoms with Gasteiger partial charge >= 0.3 is 0 Å². The lowest BCUT2D eigenvalue weighted by Gasteiger charge is -2.16. The van der Waals surface area contributed by atoms with E-state index in [1.54, 1.807) is 23.0 Å². The maximum Gasteiger partial charge on any atom is 0.225 e. The lowest BCUT2D eigenvalue weighted by atomic mass is 10.0. The normalized spacial score (nSPS) is 15.4. The first-order valence-electron chi connectivity index (χ1n) is 10.0. The molecule has 0 saturated heterocycles. The predicted molar refractivity (Wildman–Crippen MR) is 107 cm³/mol. The van der Waals surface area contributed by atoms with Gasteiger partial charge in [0.2, 0.25) is 11.8 Å². The van der Waals surface area contributed by atoms with Crippen molar-refractivity contribution < 1.29 is 18.3 Å². The number of benzene rings is 1. The van der Waals surface area contributed by atoms with Crippen molar-refractivity contribution in [2.75, 3.05) is 11.9 Å². The Hall–Kier alpha value is -3.29. The van der Waals surface area contributed by atoms with Crippen molar-refractivity contribution >= 4 is 11.7 Å². The molecular formula is C22H20F2N4O2. The molecule has 2 aliphatic rings. The van der Waals surface area contributed by atoms with E-state index < -0.39 is 11.6 Å². The third-order valence-electron chi connectivity index (χ3n) is 5.33. The van der Waals surface area contributed by atoms with Crippen molar-refractivity contribution in [3.8, 4) is 28.3 Å². The smallest absolute Gasteiger partial charge is 0.225 e. The number of halogens is 2. The summed E-state index contributed by atoms with van der Waals surface area (Å²) in [6.45, 7) is 1.17. The summed E-state index contributed by atoms with van der Waals surface area (Å²) in [5.41, 5.74) is 1.84. The number of nitrogens with zero attached hydrogens (tertiary/aromatic N) is 3. The van der Waals surface area contributed by atoms with E-state index in [4.69, 9.17) is 4.74 Å². The number of anilines is 1. The first-order valence-corrected chi connectivity index (χ1v) is 10.0. The molecule has 1 saturated carbocycles. The number of rotatable bonds is 5. The Morgan fingerprint density at radius 2 is 2.10 bits per heavy atom. The van der Waals surface area contributed by atoms with Crippen molar-refractivity contribution in [1.82, 2.24) is 14.8 Å². The maximum absolute atomic E-state index is 14.6. The Morgan fingerprint density at radius 1 is 1.23 bits per heavy atom. The molecule has 0 bridgehead atoms. The van der Waals surface area contributed by atoms with Gasteiger partial charge in [0.25, 0.3) is 0 Å². The summed E-state index contributed by atoms with van der Waals surface area (Å²) in [6, 6.07) is 6.91. The van der Waals surface area contributed by atoms with Crippen LogP contribution in [0.1, 0.15) is 25.7 Å². The van der Waals surface area contributed by atoms with E-state index in [0.717, 1.165) is 25.3 Å². The summed E-state index contributed by atoms with van der Waals surface area (Å²) in [4.78, 5) is 16.4. The fourth-order valence-electron chi connectivity index (χ4n) is 3.69. The van der Waals surface area contributed by atoms with Crippen LogP contribution in [-0.2, 0) is 11.3 Å². The first kappa shape index (κ1) is 18.7. The number of aromatic nitrogens is 3. The Labute approximate surface area is 171 Å². The van der Waals surface area contributed by atoms with Crippen LogP contribution in [0.25, 0.3) is 22.4 Å². The van der Waals surface area contributed by atoms with Crippen molar-refractivity contribution in [2.45, 2.75) is 32.2 Å². The second-order valence-corrected chi connectivity index (χ2v) is 7.70. The molecule has 1 aliphatic heterocycles. The number of aryl methyl sites for hydroxylation is 1. The summed E-state index contributed by atoms with van der Waals surface area (Å²) in [6.07, 6.45) is 5.04. The van der Waals surface area contributed by atoms with Crippen LogP contribution in [0, 0.1) is 17.6 Å². The average Bonchev–Trinajstić information content (AvgIpc) is 3.45. The van der Waals surface area contributed by atoms with Crippen molar-refractivity contribution in [1.29, 1.82) is 0 Å². The van der Waals surface area contributed by atoms with E-state index in [9.17, 15) is 13.6 Å². The zero-order chi connectivity index (χ0) is 20.7. The molecule has 0 unspecified atom stereocenters. The van der Waals surface area contributed by atoms with E-state index >= 15 is 0 Å². The molecule has 6 nitrogen and oxygen atoms in total. The number of amides is 1. The number of hydrogen-bond donors (Lipinski definition) is 1. The first-order chi connectivity index (χ1) is 14.6. The number of carbonyl (C=O) groups excluding carboxylic acids is 1. The Morgan fingerprint density at radius 3 is 2.90 bits per heavy atom. The van der Waals surface area contributed by atoms with E-state index in [2.05, 4.69) is 15.4 Å². The highest BCUT2D eigenvalue weighted by Crippen LogP contribution is 2.42. The average molecular weight is 410 g/mol. The van der Waals surface area contributed by atoms with E-state index in [0.29, 0.717) is 54.0 Å². The molecule has 1 aliphatic carbocycles. The SMILES string of the molecule is O=C(CC1CC1)Nc1cc(-c2c(-c3ccc(F)cc3F)nn3c2OCCC3)ccn1. The van der Waals surface area contributed by atoms with Gasteiger partial charge in [0.1, 0.15) is 23.1 Å². The van der Waals surface area contributed by atoms with Gasteiger partial charge in [0, 0.05) is 37.2 Å². The largest absolute Gasteiger partial charge is 0.477 e. The highest BCUT2D eigenvalue weighted by Gasteiger charge is 2.27. The molecule has 0 radical (unpaired) electrons. The lowest BCUT2D eigenvalue weighted by Crippen LogP contribution is -2.15. The van der Waals surface area contributed by atoms with E-state index in [-0.39, 0.29) is 11.5 Å². The Bertz CT molecular complexity index is 1120. The fraction of sp³-hybridized carbons (Fsp3) is 0.318. The van der Waals surface area contributed by atoms with Gasteiger partial charge < -0.3 is 10.1 Å². The number of ether oxygens (including phenoxy) is 1. The minimum Gasteiger partial charge on any atom is -0.477 e. The Kier molecular flexibility index (Phi) is 4.69. The third-order valence-corrected chi connectivity index (χ3v) is 5.33. The predicted octanol–water partition coefficient (Wildman–Crippen LogP) is 4.41. The van der Waals surface area contributed by atoms with Gasteiger partial charge in [-0.3, -0.25) is 4.79 Å². The maximum atomic E-state index is 14.6. The lowest BCUT2D eigenvalue weighted by molar-refractivity contribution is -0.116. The van der Waals surface area contributed by atoms with Gasteiger partial charge in [-0.25, -0.2) is 18.4 Å². The highest BCUT2D eigenvalue weighted by atomic mass is 19.1. The minimum absolute atomic E-state index is 0.0692. The summed E-state index contributed by atoms with van der Waals surface area (Å²) in [7, 11) is 0. The van der Waals surface area contributed by atoms with Crippen LogP contribution >= 0.6 is 0 Å². The van der Waals surface area contributed by atoms with Crippen LogP contribution in [0.5, 0.6) is 5.88 Å². The molecule has 0 spiro atoms. The van der Waals surface area contributed by atoms with Crippen molar-refractivity contribution in [3.05, 3.63) is 48.2 Å². The quantitative estimate of drug-likeness (QED) is 0.677. The molecule has 1 aromatic carbocycles. The molecule has 1 amide bonds. The number of nitrogens with one attached hydrogen (secondary N) is 1. The molecular weight excluding hydrogens is 390 g/mol. The van der Waals surface area contributed by atoms with Crippen LogP contribution in [0.15, 0.2) is 36.5 Å². The standard InChI is InChI=1S/C22H20F2N4O2/c23-15-4-5-16(17(24)12-15)21-20(22-28(27-21)8-1-9-30-22)14-6-7-25-18(11-14)26-19(29)10-13-2-3-13/h4-7,11-13H,1-3,8-10H2,(H,25,26,29). The monoisotopic (exact) mass is 410 g/mol. The zero-order valence-electron chi connectivity index (χ0n) is 16.2. The highest BCUT2D eigenvalue weighted by molar-refractivity contribution is 5.92. The van der Waals surface area contributed by atoms with Crippen LogP contribution < -0.4 is 10.1 Å². The van der Waals surface area contributed by atoms with Crippen LogP contribution in [-0.4, -0.2) is 27.3 Å². The van der Waals surface area contributed by atoms with Crippen LogP contribution in [0.3, 0.4) is 0 Å². The zero-order valence-corrected chi connectivity index (χ0v) is 16.2. The second-order valence-electron chi connectivity index (χ2n) is 7.70. The molecule has 5 rings (SSSR count). The van der Waals surface area contributed by atoms with E-state index in [1.165, 1.54) is 12.1 Å². The molecule has 3 aromatic rings. The summed E-state index contributed by atoms with van der Waals surface area (Å²) < 4.78 is 35.6. The van der Waals surface area contributed by atoms with Crippen molar-refractivity contribution in [2.24, 2.45) is 5.92 Å². The number of hydrogen-bond acceptors (Lipinski definition) is 4. The molecule has 1 fully saturated rings. The number of pyridine rings is 1. The number of carbonyl (C=O) groups is 1. The van der Waals surface area contributed by atoms with Crippen LogP contribution in [0.4, 0.5) is 14.6 Å². The van der Waals surface area contributed by atoms with E-state index in [1.807, 2.05) is 0 Å². The Balaban J connectivity index is 1.57. The van der Waals surface area contributed by atoms with Gasteiger partial charge in [0.05, 0.1) is 12.2 Å². The molecule has 154 valence electrons. The summed E-state index contributed by atoms with van der Waals surface area (Å²) in [5.74, 6) is -0.000237. The molecule has 2 aromatic heterocycles. The molecule has 3 heterocycles. The minimum atomic E-state index is -0.696.